The number of sulfonamides is 1. The number of nitrogens with zero attached hydrogens (tertiary/aromatic N) is 1. The zero-order chi connectivity index (χ0) is 21.7. The summed E-state index contributed by atoms with van der Waals surface area (Å²) in [6, 6.07) is 16.0. The minimum Gasteiger partial charge on any atom is -0.468 e. The van der Waals surface area contributed by atoms with Crippen LogP contribution in [0.3, 0.4) is 0 Å². The average Bonchev–Trinajstić information content (AvgIpc) is 3.26. The van der Waals surface area contributed by atoms with Crippen molar-refractivity contribution in [3.63, 3.8) is 0 Å². The van der Waals surface area contributed by atoms with E-state index in [0.717, 1.165) is 5.56 Å². The van der Waals surface area contributed by atoms with Crippen molar-refractivity contribution in [3.8, 4) is 0 Å². The Hall–Kier alpha value is -3.23. The van der Waals surface area contributed by atoms with E-state index in [9.17, 15) is 18.0 Å². The van der Waals surface area contributed by atoms with Crippen molar-refractivity contribution in [1.82, 2.24) is 9.62 Å². The minimum absolute atomic E-state index is 0.0426. The molecular formula is C22H22N2O5S. The largest absolute Gasteiger partial charge is 0.468 e. The van der Waals surface area contributed by atoms with Crippen molar-refractivity contribution in [1.29, 1.82) is 0 Å². The molecule has 1 N–H and O–H groups in total. The summed E-state index contributed by atoms with van der Waals surface area (Å²) in [6.45, 7) is 1.56. The molecule has 0 atom stereocenters. The first-order chi connectivity index (χ1) is 14.3. The van der Waals surface area contributed by atoms with Crippen LogP contribution in [0, 0.1) is 0 Å². The summed E-state index contributed by atoms with van der Waals surface area (Å²) < 4.78 is 33.2. The average molecular weight is 426 g/mol. The molecule has 0 unspecified atom stereocenters. The van der Waals surface area contributed by atoms with E-state index in [1.807, 2.05) is 0 Å². The maximum absolute atomic E-state index is 13.3. The number of hydrogen-bond acceptors (Lipinski definition) is 5. The molecule has 0 radical (unpaired) electrons. The first-order valence-electron chi connectivity index (χ1n) is 9.26. The van der Waals surface area contributed by atoms with E-state index in [1.54, 1.807) is 43.4 Å². The van der Waals surface area contributed by atoms with Crippen LogP contribution >= 0.6 is 0 Å². The fraction of sp³-hybridized carbons (Fsp3) is 0.182. The molecule has 1 aromatic heterocycles. The van der Waals surface area contributed by atoms with Gasteiger partial charge in [-0.05, 0) is 48.9 Å². The van der Waals surface area contributed by atoms with Crippen LogP contribution in [0.1, 0.15) is 39.0 Å². The Morgan fingerprint density at radius 3 is 2.10 bits per heavy atom. The monoisotopic (exact) mass is 426 g/mol. The molecule has 2 aromatic carbocycles. The molecule has 7 nitrogen and oxygen atoms in total. The number of amides is 1. The van der Waals surface area contributed by atoms with Crippen molar-refractivity contribution < 1.29 is 22.4 Å². The summed E-state index contributed by atoms with van der Waals surface area (Å²) >= 11 is 0. The smallest absolute Gasteiger partial charge is 0.251 e. The molecule has 30 heavy (non-hydrogen) atoms. The van der Waals surface area contributed by atoms with Crippen LogP contribution in [0.15, 0.2) is 76.2 Å². The van der Waals surface area contributed by atoms with Gasteiger partial charge in [0.1, 0.15) is 5.76 Å². The van der Waals surface area contributed by atoms with Crippen molar-refractivity contribution in [2.24, 2.45) is 0 Å². The maximum Gasteiger partial charge on any atom is 0.251 e. The standard InChI is InChI=1S/C22H22N2O5S/c1-16(25)18-9-11-21(12-10-18)30(27,28)24(15-20-4-3-13-29-20)14-17-5-7-19(8-6-17)22(26)23-2/h3-13H,14-15H2,1-2H3,(H,23,26). The SMILES string of the molecule is CNC(=O)c1ccc(CN(Cc2ccco2)S(=O)(=O)c2ccc(C(C)=O)cc2)cc1. The Morgan fingerprint density at radius 2 is 1.57 bits per heavy atom. The van der Waals surface area contributed by atoms with Crippen molar-refractivity contribution >= 4 is 21.7 Å². The predicted octanol–water partition coefficient (Wildman–Crippen LogP) is 3.23. The molecule has 1 heterocycles. The van der Waals surface area contributed by atoms with E-state index in [1.165, 1.54) is 41.8 Å². The summed E-state index contributed by atoms with van der Waals surface area (Å²) in [5.74, 6) is 0.149. The molecule has 0 fully saturated rings. The lowest BCUT2D eigenvalue weighted by atomic mass is 10.1. The Balaban J connectivity index is 1.91. The Bertz CT molecular complexity index is 1120. The highest BCUT2D eigenvalue weighted by molar-refractivity contribution is 7.89. The highest BCUT2D eigenvalue weighted by Gasteiger charge is 2.26. The van der Waals surface area contributed by atoms with E-state index < -0.39 is 10.0 Å². The number of benzene rings is 2. The normalized spacial score (nSPS) is 11.4. The second-order valence-corrected chi connectivity index (χ2v) is 8.65. The molecule has 1 amide bonds. The van der Waals surface area contributed by atoms with E-state index in [4.69, 9.17) is 4.42 Å². The van der Waals surface area contributed by atoms with Crippen LogP contribution in [0.25, 0.3) is 0 Å². The number of furan rings is 1. The molecule has 0 spiro atoms. The van der Waals surface area contributed by atoms with Crippen molar-refractivity contribution in [2.75, 3.05) is 7.05 Å². The van der Waals surface area contributed by atoms with E-state index >= 15 is 0 Å². The molecular weight excluding hydrogens is 404 g/mol. The fourth-order valence-electron chi connectivity index (χ4n) is 2.92. The van der Waals surface area contributed by atoms with E-state index in [-0.39, 0.29) is 29.7 Å². The van der Waals surface area contributed by atoms with Crippen LogP contribution in [-0.2, 0) is 23.1 Å². The Kier molecular flexibility index (Phi) is 6.49. The maximum atomic E-state index is 13.3. The van der Waals surface area contributed by atoms with Crippen LogP contribution in [0.5, 0.6) is 0 Å². The van der Waals surface area contributed by atoms with Crippen LogP contribution in [-0.4, -0.2) is 31.5 Å². The van der Waals surface area contributed by atoms with Gasteiger partial charge in [0.05, 0.1) is 17.7 Å². The van der Waals surface area contributed by atoms with Crippen LogP contribution < -0.4 is 5.32 Å². The number of rotatable bonds is 8. The molecule has 0 bridgehead atoms. The molecule has 0 aliphatic heterocycles. The summed E-state index contributed by atoms with van der Waals surface area (Å²) in [7, 11) is -2.32. The van der Waals surface area contributed by atoms with Crippen LogP contribution in [0.2, 0.25) is 0 Å². The number of carbonyl (C=O) groups excluding carboxylic acids is 2. The third-order valence-electron chi connectivity index (χ3n) is 4.61. The lowest BCUT2D eigenvalue weighted by Gasteiger charge is -2.21. The molecule has 0 saturated carbocycles. The zero-order valence-corrected chi connectivity index (χ0v) is 17.5. The zero-order valence-electron chi connectivity index (χ0n) is 16.7. The number of hydrogen-bond donors (Lipinski definition) is 1. The molecule has 0 aliphatic carbocycles. The Morgan fingerprint density at radius 1 is 0.933 bits per heavy atom. The van der Waals surface area contributed by atoms with Gasteiger partial charge in [0, 0.05) is 24.7 Å². The van der Waals surface area contributed by atoms with Gasteiger partial charge >= 0.3 is 0 Å². The molecule has 3 aromatic rings. The lowest BCUT2D eigenvalue weighted by molar-refractivity contribution is 0.0961. The minimum atomic E-state index is -3.87. The van der Waals surface area contributed by atoms with Crippen LogP contribution in [0.4, 0.5) is 0 Å². The van der Waals surface area contributed by atoms with Gasteiger partial charge in [0.2, 0.25) is 10.0 Å². The number of ketones is 1. The third-order valence-corrected chi connectivity index (χ3v) is 6.42. The van der Waals surface area contributed by atoms with Gasteiger partial charge < -0.3 is 9.73 Å². The topological polar surface area (TPSA) is 96.7 Å². The van der Waals surface area contributed by atoms with Gasteiger partial charge in [-0.25, -0.2) is 8.42 Å². The Labute approximate surface area is 175 Å². The molecule has 3 rings (SSSR count). The molecule has 0 aliphatic rings. The highest BCUT2D eigenvalue weighted by atomic mass is 32.2. The lowest BCUT2D eigenvalue weighted by Crippen LogP contribution is -2.30. The second kappa shape index (κ2) is 9.06. The highest BCUT2D eigenvalue weighted by Crippen LogP contribution is 2.22. The second-order valence-electron chi connectivity index (χ2n) is 6.71. The van der Waals surface area contributed by atoms with E-state index in [0.29, 0.717) is 16.9 Å². The predicted molar refractivity (Wildman–Crippen MR) is 111 cm³/mol. The molecule has 156 valence electrons. The fourth-order valence-corrected chi connectivity index (χ4v) is 4.32. The third kappa shape index (κ3) is 4.84. The van der Waals surface area contributed by atoms with Gasteiger partial charge in [-0.15, -0.1) is 0 Å². The van der Waals surface area contributed by atoms with Gasteiger partial charge in [-0.3, -0.25) is 9.59 Å². The number of carbonyl (C=O) groups is 2. The van der Waals surface area contributed by atoms with Crippen molar-refractivity contribution in [3.05, 3.63) is 89.4 Å². The van der Waals surface area contributed by atoms with Gasteiger partial charge in [-0.1, -0.05) is 24.3 Å². The first kappa shape index (κ1) is 21.5. The first-order valence-corrected chi connectivity index (χ1v) is 10.7. The summed E-state index contributed by atoms with van der Waals surface area (Å²) in [6.07, 6.45) is 1.49. The summed E-state index contributed by atoms with van der Waals surface area (Å²) in [5.41, 5.74) is 1.65. The van der Waals surface area contributed by atoms with Crippen molar-refractivity contribution in [2.45, 2.75) is 24.9 Å². The summed E-state index contributed by atoms with van der Waals surface area (Å²) in [4.78, 5) is 23.3. The quantitative estimate of drug-likeness (QED) is 0.558. The van der Waals surface area contributed by atoms with E-state index in [2.05, 4.69) is 5.32 Å². The van der Waals surface area contributed by atoms with Gasteiger partial charge in [0.15, 0.2) is 5.78 Å². The van der Waals surface area contributed by atoms with Gasteiger partial charge in [-0.2, -0.15) is 4.31 Å². The number of Topliss-reactive ketones (excluding diaryl/α,β-unsaturated/α-hetero) is 1. The molecule has 0 saturated heterocycles. The number of nitrogens with one attached hydrogen (secondary N) is 1. The van der Waals surface area contributed by atoms with Gasteiger partial charge in [0.25, 0.3) is 5.91 Å². The summed E-state index contributed by atoms with van der Waals surface area (Å²) in [5, 5.41) is 2.55. The molecule has 8 heteroatoms.